The topological polar surface area (TPSA) is 39.1 Å². The van der Waals surface area contributed by atoms with Crippen LogP contribution in [0.3, 0.4) is 0 Å². The molecule has 1 saturated heterocycles. The third kappa shape index (κ3) is 2.76. The van der Waals surface area contributed by atoms with Crippen molar-refractivity contribution < 1.29 is 4.74 Å². The number of nitrogens with zero attached hydrogens (tertiary/aromatic N) is 2. The molecule has 0 bridgehead atoms. The summed E-state index contributed by atoms with van der Waals surface area (Å²) in [6.07, 6.45) is 4.32. The van der Waals surface area contributed by atoms with Crippen LogP contribution in [0.1, 0.15) is 23.9 Å². The van der Waals surface area contributed by atoms with E-state index in [1.807, 2.05) is 18.7 Å². The van der Waals surface area contributed by atoms with Gasteiger partial charge in [-0.2, -0.15) is 5.10 Å². The Morgan fingerprint density at radius 3 is 2.76 bits per heavy atom. The van der Waals surface area contributed by atoms with E-state index in [1.54, 1.807) is 0 Å². The van der Waals surface area contributed by atoms with E-state index in [0.29, 0.717) is 12.1 Å². The van der Waals surface area contributed by atoms with Crippen molar-refractivity contribution in [2.45, 2.75) is 32.9 Å². The van der Waals surface area contributed by atoms with Crippen LogP contribution in [0.5, 0.6) is 0 Å². The Morgan fingerprint density at radius 1 is 1.41 bits per heavy atom. The molecule has 1 aliphatic heterocycles. The first-order valence-corrected chi connectivity index (χ1v) is 6.10. The van der Waals surface area contributed by atoms with Crippen LogP contribution >= 0.6 is 0 Å². The smallest absolute Gasteiger partial charge is 0.0668 e. The molecule has 0 radical (unpaired) electrons. The van der Waals surface area contributed by atoms with Gasteiger partial charge in [-0.25, -0.2) is 0 Å². The maximum atomic E-state index is 5.51. The summed E-state index contributed by atoms with van der Waals surface area (Å²) in [5.41, 5.74) is 3.49. The molecule has 17 heavy (non-hydrogen) atoms. The zero-order valence-corrected chi connectivity index (χ0v) is 11.0. The first-order chi connectivity index (χ1) is 8.08. The standard InChI is InChI=1S/C13H21N3O/c1-9-7-17-8-12(14-9)5-6-13-10(2)15-16(4)11(13)3/h5-6,9,12,14H,7-8H2,1-4H3/b6-5+. The second-order valence-corrected chi connectivity index (χ2v) is 4.78. The Bertz CT molecular complexity index is 423. The highest BCUT2D eigenvalue weighted by Gasteiger charge is 2.15. The second kappa shape index (κ2) is 5.02. The molecule has 1 aromatic rings. The van der Waals surface area contributed by atoms with E-state index in [2.05, 4.69) is 36.4 Å². The van der Waals surface area contributed by atoms with E-state index in [9.17, 15) is 0 Å². The lowest BCUT2D eigenvalue weighted by Crippen LogP contribution is -2.46. The lowest BCUT2D eigenvalue weighted by Gasteiger charge is -2.26. The number of aromatic nitrogens is 2. The van der Waals surface area contributed by atoms with Gasteiger partial charge in [0.15, 0.2) is 0 Å². The minimum Gasteiger partial charge on any atom is -0.378 e. The van der Waals surface area contributed by atoms with Crippen molar-refractivity contribution in [2.24, 2.45) is 7.05 Å². The molecule has 2 rings (SSSR count). The normalized spacial score (nSPS) is 25.6. The molecule has 94 valence electrons. The third-order valence-corrected chi connectivity index (χ3v) is 3.22. The zero-order valence-electron chi connectivity index (χ0n) is 11.0. The molecule has 1 aromatic heterocycles. The quantitative estimate of drug-likeness (QED) is 0.843. The van der Waals surface area contributed by atoms with Crippen LogP contribution in [0.4, 0.5) is 0 Å². The summed E-state index contributed by atoms with van der Waals surface area (Å²) in [6.45, 7) is 7.82. The number of hydrogen-bond acceptors (Lipinski definition) is 3. The molecule has 2 unspecified atom stereocenters. The fourth-order valence-corrected chi connectivity index (χ4v) is 2.19. The Labute approximate surface area is 103 Å². The van der Waals surface area contributed by atoms with Crippen molar-refractivity contribution >= 4 is 6.08 Å². The molecule has 1 N–H and O–H groups in total. The Balaban J connectivity index is 2.09. The number of hydrogen-bond donors (Lipinski definition) is 1. The molecular formula is C13H21N3O. The van der Waals surface area contributed by atoms with Crippen molar-refractivity contribution in [3.05, 3.63) is 23.0 Å². The summed E-state index contributed by atoms with van der Waals surface area (Å²) in [7, 11) is 1.98. The molecule has 1 aliphatic rings. The monoisotopic (exact) mass is 235 g/mol. The van der Waals surface area contributed by atoms with Crippen LogP contribution < -0.4 is 5.32 Å². The molecule has 2 atom stereocenters. The van der Waals surface area contributed by atoms with Crippen LogP contribution in [0.25, 0.3) is 6.08 Å². The van der Waals surface area contributed by atoms with Crippen molar-refractivity contribution in [1.82, 2.24) is 15.1 Å². The highest BCUT2D eigenvalue weighted by Crippen LogP contribution is 2.14. The molecule has 4 nitrogen and oxygen atoms in total. The largest absolute Gasteiger partial charge is 0.378 e. The first-order valence-electron chi connectivity index (χ1n) is 6.10. The Hall–Kier alpha value is -1.13. The van der Waals surface area contributed by atoms with Crippen LogP contribution in [0.2, 0.25) is 0 Å². The maximum Gasteiger partial charge on any atom is 0.0668 e. The predicted octanol–water partition coefficient (Wildman–Crippen LogP) is 1.43. The summed E-state index contributed by atoms with van der Waals surface area (Å²) in [6, 6.07) is 0.729. The fourth-order valence-electron chi connectivity index (χ4n) is 2.19. The molecule has 1 fully saturated rings. The van der Waals surface area contributed by atoms with Crippen LogP contribution in [-0.2, 0) is 11.8 Å². The number of aryl methyl sites for hydroxylation is 2. The highest BCUT2D eigenvalue weighted by molar-refractivity contribution is 5.55. The van der Waals surface area contributed by atoms with Crippen molar-refractivity contribution in [3.63, 3.8) is 0 Å². The van der Waals surface area contributed by atoms with Gasteiger partial charge in [0.2, 0.25) is 0 Å². The molecule has 0 amide bonds. The average molecular weight is 235 g/mol. The van der Waals surface area contributed by atoms with Gasteiger partial charge in [0.1, 0.15) is 0 Å². The molecule has 0 saturated carbocycles. The minimum absolute atomic E-state index is 0.303. The van der Waals surface area contributed by atoms with E-state index >= 15 is 0 Å². The van der Waals surface area contributed by atoms with Gasteiger partial charge >= 0.3 is 0 Å². The van der Waals surface area contributed by atoms with Crippen molar-refractivity contribution in [2.75, 3.05) is 13.2 Å². The van der Waals surface area contributed by atoms with Crippen LogP contribution in [0.15, 0.2) is 6.08 Å². The molecule has 0 spiro atoms. The summed E-state index contributed by atoms with van der Waals surface area (Å²) in [4.78, 5) is 0. The number of morpholine rings is 1. The van der Waals surface area contributed by atoms with Crippen LogP contribution in [0, 0.1) is 13.8 Å². The Morgan fingerprint density at radius 2 is 2.18 bits per heavy atom. The summed E-state index contributed by atoms with van der Waals surface area (Å²) < 4.78 is 7.43. The molecule has 2 heterocycles. The van der Waals surface area contributed by atoms with Gasteiger partial charge in [-0.05, 0) is 20.8 Å². The lowest BCUT2D eigenvalue weighted by molar-refractivity contribution is 0.0637. The first kappa shape index (κ1) is 12.3. The van der Waals surface area contributed by atoms with E-state index in [4.69, 9.17) is 4.74 Å². The van der Waals surface area contributed by atoms with Crippen molar-refractivity contribution in [1.29, 1.82) is 0 Å². The van der Waals surface area contributed by atoms with Gasteiger partial charge in [-0.1, -0.05) is 12.2 Å². The van der Waals surface area contributed by atoms with Gasteiger partial charge in [-0.15, -0.1) is 0 Å². The zero-order chi connectivity index (χ0) is 12.4. The maximum absolute atomic E-state index is 5.51. The number of ether oxygens (including phenoxy) is 1. The predicted molar refractivity (Wildman–Crippen MR) is 68.9 cm³/mol. The van der Waals surface area contributed by atoms with Gasteiger partial charge in [-0.3, -0.25) is 4.68 Å². The summed E-state index contributed by atoms with van der Waals surface area (Å²) in [5, 5.41) is 7.90. The summed E-state index contributed by atoms with van der Waals surface area (Å²) in [5.74, 6) is 0. The van der Waals surface area contributed by atoms with Gasteiger partial charge < -0.3 is 10.1 Å². The lowest BCUT2D eigenvalue weighted by atomic mass is 10.1. The van der Waals surface area contributed by atoms with Crippen molar-refractivity contribution in [3.8, 4) is 0 Å². The third-order valence-electron chi connectivity index (χ3n) is 3.22. The SMILES string of the molecule is Cc1nn(C)c(C)c1/C=C/C1COCC(C)N1. The van der Waals surface area contributed by atoms with Gasteiger partial charge in [0.05, 0.1) is 18.9 Å². The molecular weight excluding hydrogens is 214 g/mol. The van der Waals surface area contributed by atoms with E-state index < -0.39 is 0 Å². The number of rotatable bonds is 2. The van der Waals surface area contributed by atoms with E-state index in [-0.39, 0.29) is 0 Å². The summed E-state index contributed by atoms with van der Waals surface area (Å²) >= 11 is 0. The van der Waals surface area contributed by atoms with Crippen LogP contribution in [-0.4, -0.2) is 35.1 Å². The second-order valence-electron chi connectivity index (χ2n) is 4.78. The Kier molecular flexibility index (Phi) is 3.64. The molecule has 0 aromatic carbocycles. The molecule has 0 aliphatic carbocycles. The highest BCUT2D eigenvalue weighted by atomic mass is 16.5. The minimum atomic E-state index is 0.303. The number of nitrogens with one attached hydrogen (secondary N) is 1. The van der Waals surface area contributed by atoms with Gasteiger partial charge in [0, 0.05) is 30.4 Å². The molecule has 4 heteroatoms. The van der Waals surface area contributed by atoms with Gasteiger partial charge in [0.25, 0.3) is 0 Å². The van der Waals surface area contributed by atoms with E-state index in [1.165, 1.54) is 11.3 Å². The average Bonchev–Trinajstić information content (AvgIpc) is 2.51. The fraction of sp³-hybridized carbons (Fsp3) is 0.615. The van der Waals surface area contributed by atoms with E-state index in [0.717, 1.165) is 18.9 Å².